The topological polar surface area (TPSA) is 110 Å². The molecule has 0 fully saturated rings. The Morgan fingerprint density at radius 2 is 1.95 bits per heavy atom. The Kier molecular flexibility index (Phi) is 7.31. The zero-order valence-corrected chi connectivity index (χ0v) is 22.0. The molecule has 3 aromatic heterocycles. The number of ether oxygens (including phenoxy) is 1. The number of oxazole rings is 1. The van der Waals surface area contributed by atoms with E-state index in [4.69, 9.17) is 25.7 Å². The number of rotatable bonds is 9. The van der Waals surface area contributed by atoms with Crippen LogP contribution in [0.3, 0.4) is 0 Å². The van der Waals surface area contributed by atoms with Crippen molar-refractivity contribution in [3.8, 4) is 5.75 Å². The van der Waals surface area contributed by atoms with Gasteiger partial charge < -0.3 is 23.9 Å². The molecule has 2 N–H and O–H groups in total. The van der Waals surface area contributed by atoms with E-state index in [0.29, 0.717) is 41.8 Å². The Morgan fingerprint density at radius 1 is 1.05 bits per heavy atom. The lowest BCUT2D eigenvalue weighted by Crippen LogP contribution is -2.23. The molecule has 5 aromatic rings. The maximum Gasteiger partial charge on any atom is 0.213 e. The molecule has 11 heteroatoms. The summed E-state index contributed by atoms with van der Waals surface area (Å²) in [5.74, 6) is 0.938. The molecule has 0 amide bonds. The number of nitrogens with zero attached hydrogens (tertiary/aromatic N) is 5. The molecular weight excluding hydrogens is 537 g/mol. The number of hydrogen-bond acceptors (Lipinski definition) is 8. The van der Waals surface area contributed by atoms with Crippen molar-refractivity contribution in [1.82, 2.24) is 24.4 Å². The van der Waals surface area contributed by atoms with Crippen LogP contribution in [0.25, 0.3) is 16.6 Å². The maximum absolute atomic E-state index is 14.1. The number of aromatic nitrogens is 4. The molecular formula is C29H25ClFN5O4. The van der Waals surface area contributed by atoms with E-state index in [9.17, 15) is 14.6 Å². The molecule has 0 saturated heterocycles. The number of imidazole rings is 1. The summed E-state index contributed by atoms with van der Waals surface area (Å²) in [4.78, 5) is 15.7. The van der Waals surface area contributed by atoms with Crippen LogP contribution in [0.4, 0.5) is 4.39 Å². The average molecular weight is 562 g/mol. The lowest BCUT2D eigenvalue weighted by atomic mass is 10.1. The van der Waals surface area contributed by atoms with Gasteiger partial charge in [0.1, 0.15) is 25.2 Å². The minimum atomic E-state index is -1.58. The van der Waals surface area contributed by atoms with Crippen molar-refractivity contribution in [3.05, 3.63) is 113 Å². The number of aliphatic hydroxyl groups excluding tert-OH is 1. The Bertz CT molecular complexity index is 1690. The van der Waals surface area contributed by atoms with Crippen molar-refractivity contribution >= 4 is 28.2 Å². The lowest BCUT2D eigenvalue weighted by molar-refractivity contribution is -0.0424. The van der Waals surface area contributed by atoms with E-state index < -0.39 is 12.1 Å². The summed E-state index contributed by atoms with van der Waals surface area (Å²) in [5.41, 5.74) is 4.73. The molecule has 0 atom stereocenters. The van der Waals surface area contributed by atoms with E-state index in [1.165, 1.54) is 18.4 Å². The third kappa shape index (κ3) is 5.61. The molecule has 4 heterocycles. The monoisotopic (exact) mass is 561 g/mol. The molecule has 6 rings (SSSR count). The smallest absolute Gasteiger partial charge is 0.213 e. The Labute approximate surface area is 233 Å². The van der Waals surface area contributed by atoms with Crippen LogP contribution in [0.5, 0.6) is 5.75 Å². The zero-order chi connectivity index (χ0) is 27.6. The maximum atomic E-state index is 14.1. The molecule has 0 unspecified atom stereocenters. The molecule has 0 bridgehead atoms. The van der Waals surface area contributed by atoms with Crippen molar-refractivity contribution in [3.63, 3.8) is 0 Å². The van der Waals surface area contributed by atoms with Crippen LogP contribution in [0.15, 0.2) is 77.7 Å². The van der Waals surface area contributed by atoms with Gasteiger partial charge in [-0.25, -0.2) is 14.4 Å². The average Bonchev–Trinajstić information content (AvgIpc) is 3.70. The van der Waals surface area contributed by atoms with Gasteiger partial charge in [-0.15, -0.1) is 0 Å². The summed E-state index contributed by atoms with van der Waals surface area (Å²) >= 11 is 5.82. The number of fused-ring (bicyclic) bond motifs is 1. The molecule has 204 valence electrons. The Morgan fingerprint density at radius 3 is 2.75 bits per heavy atom. The second-order valence-electron chi connectivity index (χ2n) is 9.46. The van der Waals surface area contributed by atoms with Gasteiger partial charge in [0.05, 0.1) is 29.5 Å². The molecule has 0 spiro atoms. The van der Waals surface area contributed by atoms with Crippen molar-refractivity contribution in [2.24, 2.45) is 0 Å². The minimum Gasteiger partial charge on any atom is -0.484 e. The fourth-order valence-electron chi connectivity index (χ4n) is 4.75. The van der Waals surface area contributed by atoms with Gasteiger partial charge in [-0.2, -0.15) is 0 Å². The highest BCUT2D eigenvalue weighted by Gasteiger charge is 2.21. The van der Waals surface area contributed by atoms with Crippen LogP contribution in [0.2, 0.25) is 5.02 Å². The van der Waals surface area contributed by atoms with Crippen molar-refractivity contribution in [2.45, 2.75) is 26.0 Å². The Hall–Kier alpha value is -4.09. The SMILES string of the molecule is OC(O)c1ccc2nc(CN3CC=C(c4ccnc(COc5ccc(Cl)cc5F)c4)C3)n(Cc3ncco3)c2c1. The van der Waals surface area contributed by atoms with Gasteiger partial charge in [-0.1, -0.05) is 23.7 Å². The van der Waals surface area contributed by atoms with E-state index >= 15 is 0 Å². The van der Waals surface area contributed by atoms with E-state index in [1.807, 2.05) is 16.7 Å². The third-order valence-corrected chi connectivity index (χ3v) is 6.97. The summed E-state index contributed by atoms with van der Waals surface area (Å²) in [5, 5.41) is 19.7. The van der Waals surface area contributed by atoms with E-state index in [0.717, 1.165) is 34.5 Å². The summed E-state index contributed by atoms with van der Waals surface area (Å²) in [6, 6.07) is 13.3. The van der Waals surface area contributed by atoms with Crippen molar-refractivity contribution in [1.29, 1.82) is 0 Å². The summed E-state index contributed by atoms with van der Waals surface area (Å²) in [6.45, 7) is 2.46. The van der Waals surface area contributed by atoms with Gasteiger partial charge in [0.2, 0.25) is 5.89 Å². The first-order valence-electron chi connectivity index (χ1n) is 12.6. The Balaban J connectivity index is 1.17. The van der Waals surface area contributed by atoms with Gasteiger partial charge in [-0.05, 0) is 53.6 Å². The molecule has 40 heavy (non-hydrogen) atoms. The molecule has 2 aromatic carbocycles. The van der Waals surface area contributed by atoms with Gasteiger partial charge in [0.25, 0.3) is 0 Å². The van der Waals surface area contributed by atoms with Gasteiger partial charge in [-0.3, -0.25) is 9.88 Å². The fraction of sp³-hybridized carbons (Fsp3) is 0.207. The molecule has 0 saturated carbocycles. The first-order chi connectivity index (χ1) is 19.4. The fourth-order valence-corrected chi connectivity index (χ4v) is 4.91. The zero-order valence-electron chi connectivity index (χ0n) is 21.2. The molecule has 9 nitrogen and oxygen atoms in total. The van der Waals surface area contributed by atoms with Crippen molar-refractivity contribution < 1.29 is 23.8 Å². The van der Waals surface area contributed by atoms with Crippen LogP contribution in [-0.4, -0.2) is 47.7 Å². The first kappa shape index (κ1) is 26.1. The lowest BCUT2D eigenvalue weighted by Gasteiger charge is -2.17. The molecule has 1 aliphatic heterocycles. The third-order valence-electron chi connectivity index (χ3n) is 6.74. The number of pyridine rings is 1. The van der Waals surface area contributed by atoms with E-state index in [1.54, 1.807) is 36.7 Å². The second-order valence-corrected chi connectivity index (χ2v) is 9.90. The summed E-state index contributed by atoms with van der Waals surface area (Å²) in [7, 11) is 0. The van der Waals surface area contributed by atoms with Gasteiger partial charge in [0.15, 0.2) is 17.9 Å². The molecule has 0 aliphatic carbocycles. The number of halogens is 2. The first-order valence-corrected chi connectivity index (χ1v) is 13.0. The largest absolute Gasteiger partial charge is 0.484 e. The van der Waals surface area contributed by atoms with Gasteiger partial charge >= 0.3 is 0 Å². The normalized spacial score (nSPS) is 13.9. The summed E-state index contributed by atoms with van der Waals surface area (Å²) in [6.07, 6.45) is 5.42. The van der Waals surface area contributed by atoms with Crippen LogP contribution < -0.4 is 4.74 Å². The van der Waals surface area contributed by atoms with Gasteiger partial charge in [0, 0.05) is 29.9 Å². The van der Waals surface area contributed by atoms with E-state index in [-0.39, 0.29) is 12.4 Å². The van der Waals surface area contributed by atoms with Crippen LogP contribution in [0.1, 0.15) is 34.8 Å². The minimum absolute atomic E-state index is 0.121. The van der Waals surface area contributed by atoms with Crippen LogP contribution in [0, 0.1) is 5.82 Å². The standard InChI is InChI=1S/C29H25ClFN5O4/c30-21-2-4-26(23(31)13-21)40-17-22-11-18(5-7-32-22)20-6-9-35(14-20)15-27-34-24-3-1-19(29(37)38)12-25(24)36(27)16-28-33-8-10-39-28/h1-8,10-13,29,37-38H,9,14-17H2. The number of benzene rings is 2. The van der Waals surface area contributed by atoms with Crippen LogP contribution in [-0.2, 0) is 19.7 Å². The number of hydrogen-bond donors (Lipinski definition) is 2. The highest BCUT2D eigenvalue weighted by atomic mass is 35.5. The number of aliphatic hydroxyl groups is 2. The highest BCUT2D eigenvalue weighted by Crippen LogP contribution is 2.27. The predicted molar refractivity (Wildman–Crippen MR) is 146 cm³/mol. The van der Waals surface area contributed by atoms with Crippen molar-refractivity contribution in [2.75, 3.05) is 13.1 Å². The molecule has 1 aliphatic rings. The molecule has 0 radical (unpaired) electrons. The summed E-state index contributed by atoms with van der Waals surface area (Å²) < 4.78 is 27.2. The quantitative estimate of drug-likeness (QED) is 0.249. The van der Waals surface area contributed by atoms with E-state index in [2.05, 4.69) is 20.9 Å². The second kappa shape index (κ2) is 11.2. The highest BCUT2D eigenvalue weighted by molar-refractivity contribution is 6.30. The van der Waals surface area contributed by atoms with Crippen LogP contribution >= 0.6 is 11.6 Å². The predicted octanol–water partition coefficient (Wildman–Crippen LogP) is 4.72.